The number of carbonyl (C=O) groups excluding carboxylic acids is 1. The minimum absolute atomic E-state index is 0.142. The van der Waals surface area contributed by atoms with Crippen LogP contribution in [-0.2, 0) is 16.6 Å². The molecular formula is C26H30N2O4S. The van der Waals surface area contributed by atoms with Gasteiger partial charge in [-0.2, -0.15) is 0 Å². The normalized spacial score (nSPS) is 12.1. The van der Waals surface area contributed by atoms with Gasteiger partial charge in [0, 0.05) is 5.56 Å². The van der Waals surface area contributed by atoms with Gasteiger partial charge in [-0.3, -0.25) is 9.10 Å². The minimum Gasteiger partial charge on any atom is -0.497 e. The van der Waals surface area contributed by atoms with Crippen molar-refractivity contribution < 1.29 is 17.9 Å². The fourth-order valence-corrected chi connectivity index (χ4v) is 4.50. The molecule has 0 radical (unpaired) electrons. The van der Waals surface area contributed by atoms with Crippen LogP contribution in [0.25, 0.3) is 0 Å². The van der Waals surface area contributed by atoms with Crippen molar-refractivity contribution in [2.75, 3.05) is 17.7 Å². The molecule has 0 aliphatic carbocycles. The summed E-state index contributed by atoms with van der Waals surface area (Å²) in [6, 6.07) is 21.8. The Hall–Kier alpha value is -3.32. The van der Waals surface area contributed by atoms with Crippen molar-refractivity contribution in [3.05, 3.63) is 95.1 Å². The quantitative estimate of drug-likeness (QED) is 0.489. The van der Waals surface area contributed by atoms with Gasteiger partial charge in [0.1, 0.15) is 5.75 Å². The van der Waals surface area contributed by atoms with Gasteiger partial charge in [0.15, 0.2) is 0 Å². The Labute approximate surface area is 196 Å². The van der Waals surface area contributed by atoms with Crippen molar-refractivity contribution in [2.45, 2.75) is 32.9 Å². The molecule has 7 heteroatoms. The summed E-state index contributed by atoms with van der Waals surface area (Å²) in [5.74, 6) is 0.547. The summed E-state index contributed by atoms with van der Waals surface area (Å²) in [5, 5.41) is 3.05. The third-order valence-corrected chi connectivity index (χ3v) is 6.77. The highest BCUT2D eigenvalue weighted by Crippen LogP contribution is 2.24. The lowest BCUT2D eigenvalue weighted by Gasteiger charge is -2.24. The predicted octanol–water partition coefficient (Wildman–Crippen LogP) is 4.85. The summed E-state index contributed by atoms with van der Waals surface area (Å²) in [7, 11) is -1.89. The molecule has 0 aliphatic heterocycles. The molecule has 3 aromatic carbocycles. The average Bonchev–Trinajstić information content (AvgIpc) is 2.81. The predicted molar refractivity (Wildman–Crippen MR) is 132 cm³/mol. The lowest BCUT2D eigenvalue weighted by molar-refractivity contribution is 0.0935. The number of anilines is 1. The summed E-state index contributed by atoms with van der Waals surface area (Å²) in [6.07, 6.45) is 1.92. The number of hydrogen-bond donors (Lipinski definition) is 1. The maximum atomic E-state index is 12.9. The van der Waals surface area contributed by atoms with Gasteiger partial charge < -0.3 is 10.1 Å². The summed E-state index contributed by atoms with van der Waals surface area (Å²) >= 11 is 0. The van der Waals surface area contributed by atoms with Gasteiger partial charge in [-0.1, -0.05) is 43.3 Å². The third-order valence-electron chi connectivity index (χ3n) is 5.62. The summed E-state index contributed by atoms with van der Waals surface area (Å²) in [5.41, 5.74) is 3.92. The van der Waals surface area contributed by atoms with Crippen LogP contribution >= 0.6 is 0 Å². The van der Waals surface area contributed by atoms with E-state index in [2.05, 4.69) is 5.32 Å². The first-order valence-corrected chi connectivity index (χ1v) is 12.6. The number of rotatable bonds is 9. The number of nitrogens with one attached hydrogen (secondary N) is 1. The zero-order valence-electron chi connectivity index (χ0n) is 19.4. The second kappa shape index (κ2) is 10.5. The van der Waals surface area contributed by atoms with Crippen LogP contribution in [0.5, 0.6) is 5.75 Å². The number of sulfonamides is 1. The Balaban J connectivity index is 1.77. The smallest absolute Gasteiger partial charge is 0.251 e. The van der Waals surface area contributed by atoms with Gasteiger partial charge >= 0.3 is 0 Å². The van der Waals surface area contributed by atoms with E-state index in [-0.39, 0.29) is 18.5 Å². The van der Waals surface area contributed by atoms with Crippen LogP contribution < -0.4 is 14.4 Å². The molecule has 1 N–H and O–H groups in total. The molecule has 0 aromatic heterocycles. The van der Waals surface area contributed by atoms with Crippen LogP contribution in [0.4, 0.5) is 5.69 Å². The van der Waals surface area contributed by atoms with E-state index in [9.17, 15) is 13.2 Å². The molecule has 6 nitrogen and oxygen atoms in total. The van der Waals surface area contributed by atoms with Crippen LogP contribution in [0, 0.1) is 6.92 Å². The minimum atomic E-state index is -3.51. The summed E-state index contributed by atoms with van der Waals surface area (Å²) < 4.78 is 31.5. The van der Waals surface area contributed by atoms with Crippen molar-refractivity contribution in [1.82, 2.24) is 5.32 Å². The van der Waals surface area contributed by atoms with Crippen LogP contribution in [-0.4, -0.2) is 27.7 Å². The van der Waals surface area contributed by atoms with E-state index in [4.69, 9.17) is 4.74 Å². The number of nitrogens with zero attached hydrogens (tertiary/aromatic N) is 1. The van der Waals surface area contributed by atoms with Gasteiger partial charge in [-0.05, 0) is 66.4 Å². The standard InChI is InChI=1S/C26H30N2O4S/c1-5-25(20-12-16-24(32-3)17-13-20)27-26(29)21-10-14-23(15-11-21)28(33(4,30)31)18-22-9-7-6-8-19(22)2/h6-17,25H,5,18H2,1-4H3,(H,27,29)/t25-/m1/s1. The van der Waals surface area contributed by atoms with E-state index in [0.717, 1.165) is 28.9 Å². The molecule has 0 fully saturated rings. The van der Waals surface area contributed by atoms with Gasteiger partial charge in [0.05, 0.1) is 31.6 Å². The first kappa shape index (κ1) is 24.3. The highest BCUT2D eigenvalue weighted by Gasteiger charge is 2.20. The molecule has 33 heavy (non-hydrogen) atoms. The zero-order chi connectivity index (χ0) is 24.0. The number of carbonyl (C=O) groups is 1. The van der Waals surface area contributed by atoms with Crippen LogP contribution in [0.15, 0.2) is 72.8 Å². The highest BCUT2D eigenvalue weighted by molar-refractivity contribution is 7.92. The number of ether oxygens (including phenoxy) is 1. The van der Waals surface area contributed by atoms with Crippen LogP contribution in [0.2, 0.25) is 0 Å². The maximum absolute atomic E-state index is 12.9. The number of benzene rings is 3. The SMILES string of the molecule is CC[C@@H](NC(=O)c1ccc(N(Cc2ccccc2C)S(C)(=O)=O)cc1)c1ccc(OC)cc1. The summed E-state index contributed by atoms with van der Waals surface area (Å²) in [4.78, 5) is 12.9. The Morgan fingerprint density at radius 1 is 1.00 bits per heavy atom. The van der Waals surface area contributed by atoms with Gasteiger partial charge in [0.25, 0.3) is 5.91 Å². The molecule has 0 saturated heterocycles. The number of amides is 1. The van der Waals surface area contributed by atoms with Crippen molar-refractivity contribution >= 4 is 21.6 Å². The molecule has 0 aliphatic rings. The Bertz CT molecular complexity index is 1190. The lowest BCUT2D eigenvalue weighted by Crippen LogP contribution is -2.30. The average molecular weight is 467 g/mol. The second-order valence-electron chi connectivity index (χ2n) is 7.95. The molecule has 0 bridgehead atoms. The Morgan fingerprint density at radius 3 is 2.18 bits per heavy atom. The first-order chi connectivity index (χ1) is 15.7. The molecule has 1 amide bonds. The van der Waals surface area contributed by atoms with Crippen molar-refractivity contribution in [3.8, 4) is 5.75 Å². The molecule has 3 aromatic rings. The van der Waals surface area contributed by atoms with E-state index in [1.807, 2.05) is 62.4 Å². The Morgan fingerprint density at radius 2 is 1.64 bits per heavy atom. The number of methoxy groups -OCH3 is 1. The second-order valence-corrected chi connectivity index (χ2v) is 9.86. The third kappa shape index (κ3) is 6.14. The van der Waals surface area contributed by atoms with Gasteiger partial charge in [-0.15, -0.1) is 0 Å². The molecule has 0 unspecified atom stereocenters. The Kier molecular flexibility index (Phi) is 7.76. The van der Waals surface area contributed by atoms with Crippen molar-refractivity contribution in [1.29, 1.82) is 0 Å². The fourth-order valence-electron chi connectivity index (χ4n) is 3.62. The highest BCUT2D eigenvalue weighted by atomic mass is 32.2. The molecule has 1 atom stereocenters. The number of aryl methyl sites for hydroxylation is 1. The maximum Gasteiger partial charge on any atom is 0.251 e. The first-order valence-electron chi connectivity index (χ1n) is 10.8. The monoisotopic (exact) mass is 466 g/mol. The lowest BCUT2D eigenvalue weighted by atomic mass is 10.0. The van der Waals surface area contributed by atoms with E-state index in [1.54, 1.807) is 31.4 Å². The van der Waals surface area contributed by atoms with E-state index in [1.165, 1.54) is 10.6 Å². The van der Waals surface area contributed by atoms with E-state index >= 15 is 0 Å². The molecule has 0 saturated carbocycles. The topological polar surface area (TPSA) is 75.7 Å². The summed E-state index contributed by atoms with van der Waals surface area (Å²) in [6.45, 7) is 4.19. The molecule has 0 heterocycles. The molecule has 3 rings (SSSR count). The van der Waals surface area contributed by atoms with E-state index < -0.39 is 10.0 Å². The molecule has 0 spiro atoms. The zero-order valence-corrected chi connectivity index (χ0v) is 20.2. The largest absolute Gasteiger partial charge is 0.497 e. The number of hydrogen-bond acceptors (Lipinski definition) is 4. The molecule has 174 valence electrons. The fraction of sp³-hybridized carbons (Fsp3) is 0.269. The van der Waals surface area contributed by atoms with Gasteiger partial charge in [0.2, 0.25) is 10.0 Å². The van der Waals surface area contributed by atoms with Gasteiger partial charge in [-0.25, -0.2) is 8.42 Å². The van der Waals surface area contributed by atoms with Crippen molar-refractivity contribution in [3.63, 3.8) is 0 Å². The van der Waals surface area contributed by atoms with Crippen LogP contribution in [0.3, 0.4) is 0 Å². The van der Waals surface area contributed by atoms with Crippen molar-refractivity contribution in [2.24, 2.45) is 0 Å². The van der Waals surface area contributed by atoms with Crippen LogP contribution in [0.1, 0.15) is 46.4 Å². The molecular weight excluding hydrogens is 436 g/mol. The van der Waals surface area contributed by atoms with E-state index in [0.29, 0.717) is 11.3 Å².